The Bertz CT molecular complexity index is 649. The Morgan fingerprint density at radius 1 is 1.04 bits per heavy atom. The number of rotatable bonds is 6. The van der Waals surface area contributed by atoms with Gasteiger partial charge in [0.2, 0.25) is 0 Å². The maximum atomic E-state index is 11.8. The highest BCUT2D eigenvalue weighted by atomic mass is 16.1. The molecule has 0 radical (unpaired) electrons. The number of ketones is 2. The van der Waals surface area contributed by atoms with Crippen LogP contribution in [-0.4, -0.2) is 11.6 Å². The normalized spacial score (nSPS) is 20.7. The zero-order valence-corrected chi connectivity index (χ0v) is 14.7. The number of carbonyl (C=O) groups is 2. The van der Waals surface area contributed by atoms with E-state index in [1.807, 2.05) is 57.2 Å². The zero-order chi connectivity index (χ0) is 17.4. The van der Waals surface area contributed by atoms with Crippen molar-refractivity contribution in [3.8, 4) is 0 Å². The minimum absolute atomic E-state index is 0.0867. The van der Waals surface area contributed by atoms with Crippen LogP contribution in [0.25, 0.3) is 0 Å². The van der Waals surface area contributed by atoms with Crippen molar-refractivity contribution in [1.82, 2.24) is 0 Å². The predicted molar refractivity (Wildman–Crippen MR) is 97.1 cm³/mol. The molecule has 2 heteroatoms. The van der Waals surface area contributed by atoms with Gasteiger partial charge < -0.3 is 0 Å². The van der Waals surface area contributed by atoms with E-state index in [1.54, 1.807) is 19.9 Å². The van der Waals surface area contributed by atoms with Crippen molar-refractivity contribution in [3.63, 3.8) is 0 Å². The first-order valence-corrected chi connectivity index (χ1v) is 7.94. The second kappa shape index (κ2) is 9.04. The molecule has 0 aliphatic heterocycles. The molecule has 0 N–H and O–H groups in total. The average molecular weight is 310 g/mol. The van der Waals surface area contributed by atoms with Crippen LogP contribution in [-0.2, 0) is 9.59 Å². The third-order valence-electron chi connectivity index (χ3n) is 3.93. The Hall–Kier alpha value is -2.22. The molecular weight excluding hydrogens is 284 g/mol. The average Bonchev–Trinajstić information content (AvgIpc) is 2.73. The molecule has 1 rings (SSSR count). The summed E-state index contributed by atoms with van der Waals surface area (Å²) in [5.41, 5.74) is 3.92. The third-order valence-corrected chi connectivity index (χ3v) is 3.93. The van der Waals surface area contributed by atoms with Crippen molar-refractivity contribution < 1.29 is 9.59 Å². The standard InChI is InChI=1S/C21H26O2/c1-15(13-20-14-17(3)21(23)18(20)4)11-9-7-6-8-10-12-16(2)19(5)22/h6-13,17H,14H2,1-5H3/b7-6+,10-8+,11-9+,15-13+,16-12+. The summed E-state index contributed by atoms with van der Waals surface area (Å²) in [5.74, 6) is 0.477. The summed E-state index contributed by atoms with van der Waals surface area (Å²) in [4.78, 5) is 22.8. The van der Waals surface area contributed by atoms with Gasteiger partial charge >= 0.3 is 0 Å². The van der Waals surface area contributed by atoms with Gasteiger partial charge in [-0.25, -0.2) is 0 Å². The van der Waals surface area contributed by atoms with Crippen LogP contribution in [0, 0.1) is 5.92 Å². The van der Waals surface area contributed by atoms with Gasteiger partial charge in [0.25, 0.3) is 0 Å². The maximum Gasteiger partial charge on any atom is 0.161 e. The summed E-state index contributed by atoms with van der Waals surface area (Å²) in [6, 6.07) is 0. The van der Waals surface area contributed by atoms with Crippen molar-refractivity contribution in [3.05, 3.63) is 70.9 Å². The van der Waals surface area contributed by atoms with Crippen molar-refractivity contribution in [2.45, 2.75) is 41.0 Å². The minimum Gasteiger partial charge on any atom is -0.295 e. The van der Waals surface area contributed by atoms with E-state index in [-0.39, 0.29) is 17.5 Å². The first-order valence-electron chi connectivity index (χ1n) is 7.94. The molecular formula is C21H26O2. The smallest absolute Gasteiger partial charge is 0.161 e. The van der Waals surface area contributed by atoms with Crippen LogP contribution < -0.4 is 0 Å². The Labute approximate surface area is 139 Å². The number of allylic oxidation sites excluding steroid dienone is 12. The highest BCUT2D eigenvalue weighted by molar-refractivity contribution is 6.00. The zero-order valence-electron chi connectivity index (χ0n) is 14.7. The molecule has 0 aromatic carbocycles. The second-order valence-electron chi connectivity index (χ2n) is 6.04. The van der Waals surface area contributed by atoms with E-state index in [4.69, 9.17) is 0 Å². The lowest BCUT2D eigenvalue weighted by atomic mass is 10.1. The monoisotopic (exact) mass is 310 g/mol. The topological polar surface area (TPSA) is 34.1 Å². The fourth-order valence-electron chi connectivity index (χ4n) is 2.31. The summed E-state index contributed by atoms with van der Waals surface area (Å²) >= 11 is 0. The van der Waals surface area contributed by atoms with Gasteiger partial charge in [-0.15, -0.1) is 0 Å². The lowest BCUT2D eigenvalue weighted by Crippen LogP contribution is -2.03. The van der Waals surface area contributed by atoms with Crippen molar-refractivity contribution >= 4 is 11.6 Å². The Kier molecular flexibility index (Phi) is 7.40. The predicted octanol–water partition coefficient (Wildman–Crippen LogP) is 5.06. The van der Waals surface area contributed by atoms with E-state index in [0.717, 1.165) is 28.7 Å². The molecule has 0 heterocycles. The molecule has 1 atom stereocenters. The SMILES string of the molecule is CC(=O)/C(C)=C/C=C/C=C/C=C/C(C)=C/C1=C(C)C(=O)C(C)C1. The fourth-order valence-corrected chi connectivity index (χ4v) is 2.31. The summed E-state index contributed by atoms with van der Waals surface area (Å²) in [5, 5.41) is 0. The molecule has 1 aliphatic rings. The van der Waals surface area contributed by atoms with Gasteiger partial charge in [0.1, 0.15) is 0 Å². The number of hydrogen-bond acceptors (Lipinski definition) is 2. The van der Waals surface area contributed by atoms with Crippen LogP contribution in [0.4, 0.5) is 0 Å². The second-order valence-corrected chi connectivity index (χ2v) is 6.04. The molecule has 0 spiro atoms. The lowest BCUT2D eigenvalue weighted by molar-refractivity contribution is -0.117. The highest BCUT2D eigenvalue weighted by Crippen LogP contribution is 2.29. The van der Waals surface area contributed by atoms with Crippen LogP contribution in [0.3, 0.4) is 0 Å². The van der Waals surface area contributed by atoms with Gasteiger partial charge in [-0.05, 0) is 50.8 Å². The van der Waals surface area contributed by atoms with E-state index in [1.165, 1.54) is 0 Å². The molecule has 122 valence electrons. The highest BCUT2D eigenvalue weighted by Gasteiger charge is 2.25. The fraction of sp³-hybridized carbons (Fsp3) is 0.333. The van der Waals surface area contributed by atoms with Crippen LogP contribution in [0.1, 0.15) is 41.0 Å². The summed E-state index contributed by atoms with van der Waals surface area (Å²) in [7, 11) is 0. The van der Waals surface area contributed by atoms with Gasteiger partial charge in [-0.2, -0.15) is 0 Å². The minimum atomic E-state index is 0.0867. The lowest BCUT2D eigenvalue weighted by Gasteiger charge is -1.97. The van der Waals surface area contributed by atoms with Crippen LogP contribution in [0.5, 0.6) is 0 Å². The van der Waals surface area contributed by atoms with Crippen LogP contribution in [0.2, 0.25) is 0 Å². The molecule has 0 aromatic heterocycles. The molecule has 1 aliphatic carbocycles. The first kappa shape index (κ1) is 18.8. The molecule has 0 saturated heterocycles. The Morgan fingerprint density at radius 3 is 2.22 bits per heavy atom. The van der Waals surface area contributed by atoms with Crippen LogP contribution >= 0.6 is 0 Å². The van der Waals surface area contributed by atoms with E-state index >= 15 is 0 Å². The number of hydrogen-bond donors (Lipinski definition) is 0. The van der Waals surface area contributed by atoms with Gasteiger partial charge in [0.15, 0.2) is 11.6 Å². The molecule has 2 nitrogen and oxygen atoms in total. The maximum absolute atomic E-state index is 11.8. The van der Waals surface area contributed by atoms with Gasteiger partial charge in [0.05, 0.1) is 0 Å². The van der Waals surface area contributed by atoms with E-state index in [9.17, 15) is 9.59 Å². The Morgan fingerprint density at radius 2 is 1.65 bits per heavy atom. The molecule has 0 saturated carbocycles. The van der Waals surface area contributed by atoms with E-state index < -0.39 is 0 Å². The summed E-state index contributed by atoms with van der Waals surface area (Å²) in [6.07, 6.45) is 16.3. The molecule has 1 unspecified atom stereocenters. The van der Waals surface area contributed by atoms with Gasteiger partial charge in [0, 0.05) is 5.92 Å². The molecule has 0 bridgehead atoms. The van der Waals surface area contributed by atoms with Gasteiger partial charge in [-0.3, -0.25) is 9.59 Å². The van der Waals surface area contributed by atoms with Crippen molar-refractivity contribution in [1.29, 1.82) is 0 Å². The van der Waals surface area contributed by atoms with E-state index in [2.05, 4.69) is 6.08 Å². The van der Waals surface area contributed by atoms with Crippen LogP contribution in [0.15, 0.2) is 70.9 Å². The van der Waals surface area contributed by atoms with Crippen molar-refractivity contribution in [2.24, 2.45) is 5.92 Å². The summed E-state index contributed by atoms with van der Waals surface area (Å²) < 4.78 is 0. The number of carbonyl (C=O) groups excluding carboxylic acids is 2. The molecule has 23 heavy (non-hydrogen) atoms. The van der Waals surface area contributed by atoms with Gasteiger partial charge in [-0.1, -0.05) is 61.1 Å². The summed E-state index contributed by atoms with van der Waals surface area (Å²) in [6.45, 7) is 9.29. The third kappa shape index (κ3) is 6.19. The van der Waals surface area contributed by atoms with E-state index in [0.29, 0.717) is 0 Å². The molecule has 0 amide bonds. The first-order chi connectivity index (χ1) is 10.8. The molecule has 0 aromatic rings. The molecule has 0 fully saturated rings. The largest absolute Gasteiger partial charge is 0.295 e. The number of Topliss-reactive ketones (excluding diaryl/α,β-unsaturated/α-hetero) is 2. The Balaban J connectivity index is 2.58. The van der Waals surface area contributed by atoms with Crippen molar-refractivity contribution in [2.75, 3.05) is 0 Å². The quantitative estimate of drug-likeness (QED) is 0.507.